The molecule has 0 amide bonds. The second-order valence-corrected chi connectivity index (χ2v) is 6.26. The molecule has 2 aromatic rings. The molecule has 0 radical (unpaired) electrons. The highest BCUT2D eigenvalue weighted by Gasteiger charge is 2.27. The summed E-state index contributed by atoms with van der Waals surface area (Å²) in [6.07, 6.45) is 0. The summed E-state index contributed by atoms with van der Waals surface area (Å²) >= 11 is 0. The Morgan fingerprint density at radius 3 is 2.68 bits per heavy atom. The zero-order chi connectivity index (χ0) is 15.6. The van der Waals surface area contributed by atoms with Crippen LogP contribution in [0.3, 0.4) is 0 Å². The molecule has 3 nitrogen and oxygen atoms in total. The summed E-state index contributed by atoms with van der Waals surface area (Å²) in [5.74, 6) is 1.53. The number of benzene rings is 2. The van der Waals surface area contributed by atoms with Crippen molar-refractivity contribution in [3.8, 4) is 5.75 Å². The molecule has 0 fully saturated rings. The quantitative estimate of drug-likeness (QED) is 0.849. The van der Waals surface area contributed by atoms with E-state index in [0.717, 1.165) is 11.3 Å². The third kappa shape index (κ3) is 3.30. The van der Waals surface area contributed by atoms with E-state index in [-0.39, 0.29) is 5.54 Å². The predicted molar refractivity (Wildman–Crippen MR) is 88.5 cm³/mol. The average molecular weight is 295 g/mol. The Labute approximate surface area is 131 Å². The van der Waals surface area contributed by atoms with Crippen LogP contribution in [-0.2, 0) is 11.3 Å². The predicted octanol–water partition coefficient (Wildman–Crippen LogP) is 4.13. The molecular weight excluding hydrogens is 274 g/mol. The molecule has 0 N–H and O–H groups in total. The van der Waals surface area contributed by atoms with Crippen molar-refractivity contribution in [1.29, 1.82) is 0 Å². The molecule has 0 unspecified atom stereocenters. The number of aliphatic imine (C=N–C) groups is 1. The summed E-state index contributed by atoms with van der Waals surface area (Å²) in [5, 5.41) is 0. The molecule has 3 rings (SSSR count). The summed E-state index contributed by atoms with van der Waals surface area (Å²) in [5.41, 5.74) is 3.26. The molecule has 1 aliphatic heterocycles. The van der Waals surface area contributed by atoms with E-state index in [1.54, 1.807) is 0 Å². The maximum absolute atomic E-state index is 5.91. The van der Waals surface area contributed by atoms with Crippen molar-refractivity contribution in [3.63, 3.8) is 0 Å². The van der Waals surface area contributed by atoms with Gasteiger partial charge >= 0.3 is 0 Å². The lowest BCUT2D eigenvalue weighted by molar-refractivity contribution is 0.279. The normalized spacial score (nSPS) is 16.0. The van der Waals surface area contributed by atoms with E-state index in [0.29, 0.717) is 19.1 Å². The molecule has 1 aliphatic rings. The van der Waals surface area contributed by atoms with Crippen LogP contribution in [0.25, 0.3) is 0 Å². The molecule has 0 spiro atoms. The van der Waals surface area contributed by atoms with Crippen LogP contribution >= 0.6 is 0 Å². The second kappa shape index (κ2) is 5.84. The highest BCUT2D eigenvalue weighted by Crippen LogP contribution is 2.23. The maximum Gasteiger partial charge on any atom is 0.216 e. The molecule has 22 heavy (non-hydrogen) atoms. The van der Waals surface area contributed by atoms with Crippen molar-refractivity contribution in [2.75, 3.05) is 6.61 Å². The molecule has 0 aliphatic carbocycles. The number of hydrogen-bond donors (Lipinski definition) is 0. The van der Waals surface area contributed by atoms with Gasteiger partial charge in [-0.05, 0) is 50.1 Å². The Kier molecular flexibility index (Phi) is 3.88. The lowest BCUT2D eigenvalue weighted by Gasteiger charge is -2.10. The van der Waals surface area contributed by atoms with Crippen LogP contribution in [0.5, 0.6) is 5.75 Å². The third-order valence-electron chi connectivity index (χ3n) is 3.70. The second-order valence-electron chi connectivity index (χ2n) is 6.26. The molecule has 0 saturated heterocycles. The number of nitrogens with zero attached hydrogens (tertiary/aromatic N) is 1. The standard InChI is InChI=1S/C19H21NO2/c1-14-7-4-5-8-16(14)12-21-17-10-6-9-15(11-17)18-20-19(2,3)13-22-18/h4-11H,12-13H2,1-3H3. The van der Waals surface area contributed by atoms with Crippen molar-refractivity contribution in [3.05, 3.63) is 65.2 Å². The Bertz CT molecular complexity index is 704. The molecular formula is C19H21NO2. The van der Waals surface area contributed by atoms with Crippen LogP contribution in [0.2, 0.25) is 0 Å². The molecule has 1 heterocycles. The van der Waals surface area contributed by atoms with Crippen molar-refractivity contribution in [2.45, 2.75) is 32.9 Å². The van der Waals surface area contributed by atoms with Crippen LogP contribution in [0, 0.1) is 6.92 Å². The topological polar surface area (TPSA) is 30.8 Å². The highest BCUT2D eigenvalue weighted by molar-refractivity contribution is 5.95. The number of ether oxygens (including phenoxy) is 2. The average Bonchev–Trinajstić information content (AvgIpc) is 2.87. The fourth-order valence-corrected chi connectivity index (χ4v) is 2.38. The van der Waals surface area contributed by atoms with Crippen LogP contribution in [0.15, 0.2) is 53.5 Å². The minimum atomic E-state index is -0.145. The first-order chi connectivity index (χ1) is 10.5. The summed E-state index contributed by atoms with van der Waals surface area (Å²) in [6, 6.07) is 16.2. The van der Waals surface area contributed by atoms with E-state index in [9.17, 15) is 0 Å². The van der Waals surface area contributed by atoms with E-state index in [1.165, 1.54) is 11.1 Å². The van der Waals surface area contributed by atoms with E-state index in [2.05, 4.69) is 37.9 Å². The summed E-state index contributed by atoms with van der Waals surface area (Å²) in [6.45, 7) is 7.42. The van der Waals surface area contributed by atoms with Crippen LogP contribution < -0.4 is 4.74 Å². The molecule has 2 aromatic carbocycles. The maximum atomic E-state index is 5.91. The fraction of sp³-hybridized carbons (Fsp3) is 0.316. The lowest BCUT2D eigenvalue weighted by atomic mass is 10.1. The Morgan fingerprint density at radius 2 is 1.95 bits per heavy atom. The fourth-order valence-electron chi connectivity index (χ4n) is 2.38. The third-order valence-corrected chi connectivity index (χ3v) is 3.70. The summed E-state index contributed by atoms with van der Waals surface area (Å²) < 4.78 is 11.6. The molecule has 0 bridgehead atoms. The van der Waals surface area contributed by atoms with Crippen molar-refractivity contribution in [1.82, 2.24) is 0 Å². The van der Waals surface area contributed by atoms with Gasteiger partial charge in [-0.15, -0.1) is 0 Å². The highest BCUT2D eigenvalue weighted by atomic mass is 16.5. The SMILES string of the molecule is Cc1ccccc1COc1cccc(C2=NC(C)(C)CO2)c1. The smallest absolute Gasteiger partial charge is 0.216 e. The van der Waals surface area contributed by atoms with E-state index < -0.39 is 0 Å². The van der Waals surface area contributed by atoms with Gasteiger partial charge in [-0.25, -0.2) is 4.99 Å². The first-order valence-electron chi connectivity index (χ1n) is 7.54. The van der Waals surface area contributed by atoms with Gasteiger partial charge in [0.25, 0.3) is 0 Å². The van der Waals surface area contributed by atoms with Crippen LogP contribution in [0.1, 0.15) is 30.5 Å². The van der Waals surface area contributed by atoms with Crippen molar-refractivity contribution < 1.29 is 9.47 Å². The lowest BCUT2D eigenvalue weighted by Crippen LogP contribution is -2.17. The van der Waals surface area contributed by atoms with Gasteiger partial charge in [0.2, 0.25) is 5.90 Å². The Balaban J connectivity index is 1.74. The number of rotatable bonds is 4. The van der Waals surface area contributed by atoms with Crippen molar-refractivity contribution in [2.24, 2.45) is 4.99 Å². The largest absolute Gasteiger partial charge is 0.489 e. The Hall–Kier alpha value is -2.29. The molecule has 114 valence electrons. The van der Waals surface area contributed by atoms with Gasteiger partial charge in [-0.2, -0.15) is 0 Å². The summed E-state index contributed by atoms with van der Waals surface area (Å²) in [4.78, 5) is 4.60. The first-order valence-corrected chi connectivity index (χ1v) is 7.54. The zero-order valence-corrected chi connectivity index (χ0v) is 13.3. The monoisotopic (exact) mass is 295 g/mol. The van der Waals surface area contributed by atoms with Gasteiger partial charge in [0.05, 0.1) is 5.54 Å². The van der Waals surface area contributed by atoms with Crippen LogP contribution in [0.4, 0.5) is 0 Å². The number of hydrogen-bond acceptors (Lipinski definition) is 3. The van der Waals surface area contributed by atoms with E-state index in [1.807, 2.05) is 36.4 Å². The summed E-state index contributed by atoms with van der Waals surface area (Å²) in [7, 11) is 0. The molecule has 0 aromatic heterocycles. The molecule has 0 saturated carbocycles. The Morgan fingerprint density at radius 1 is 1.14 bits per heavy atom. The van der Waals surface area contributed by atoms with E-state index >= 15 is 0 Å². The van der Waals surface area contributed by atoms with Gasteiger partial charge in [0.1, 0.15) is 19.0 Å². The van der Waals surface area contributed by atoms with Gasteiger partial charge in [-0.3, -0.25) is 0 Å². The van der Waals surface area contributed by atoms with E-state index in [4.69, 9.17) is 9.47 Å². The van der Waals surface area contributed by atoms with Gasteiger partial charge in [-0.1, -0.05) is 30.3 Å². The van der Waals surface area contributed by atoms with Gasteiger partial charge < -0.3 is 9.47 Å². The minimum absolute atomic E-state index is 0.145. The molecule has 0 atom stereocenters. The van der Waals surface area contributed by atoms with Gasteiger partial charge in [0.15, 0.2) is 0 Å². The zero-order valence-electron chi connectivity index (χ0n) is 13.3. The van der Waals surface area contributed by atoms with Crippen molar-refractivity contribution >= 4 is 5.90 Å². The minimum Gasteiger partial charge on any atom is -0.489 e. The molecule has 3 heteroatoms. The van der Waals surface area contributed by atoms with Gasteiger partial charge in [0, 0.05) is 5.56 Å². The first kappa shape index (κ1) is 14.6. The van der Waals surface area contributed by atoms with Crippen LogP contribution in [-0.4, -0.2) is 18.0 Å². The number of aryl methyl sites for hydroxylation is 1.